The van der Waals surface area contributed by atoms with Crippen molar-refractivity contribution in [3.63, 3.8) is 0 Å². The minimum atomic E-state index is -0.124. The molecule has 2 saturated carbocycles. The van der Waals surface area contributed by atoms with Crippen LogP contribution in [0.1, 0.15) is 32.1 Å². The second kappa shape index (κ2) is 8.19. The number of benzene rings is 1. The Balaban J connectivity index is 1.07. The molecule has 0 aromatic heterocycles. The highest BCUT2D eigenvalue weighted by atomic mass is 19.1. The molecule has 2 aliphatic carbocycles. The number of hydrogen-bond acceptors (Lipinski definition) is 4. The molecule has 1 aromatic rings. The van der Waals surface area contributed by atoms with Gasteiger partial charge in [0.15, 0.2) is 0 Å². The molecule has 5 rings (SSSR count). The van der Waals surface area contributed by atoms with Gasteiger partial charge in [0.1, 0.15) is 5.82 Å². The van der Waals surface area contributed by atoms with Gasteiger partial charge in [-0.05, 0) is 54.7 Å². The largest absolute Gasteiger partial charge is 0.385 e. The van der Waals surface area contributed by atoms with Crippen LogP contribution in [0.2, 0.25) is 0 Å². The molecule has 1 aromatic carbocycles. The predicted molar refractivity (Wildman–Crippen MR) is 111 cm³/mol. The summed E-state index contributed by atoms with van der Waals surface area (Å²) >= 11 is 0. The minimum Gasteiger partial charge on any atom is -0.385 e. The first-order valence-electron chi connectivity index (χ1n) is 11.4. The quantitative estimate of drug-likeness (QED) is 0.803. The van der Waals surface area contributed by atoms with Crippen LogP contribution < -0.4 is 10.2 Å². The van der Waals surface area contributed by atoms with Crippen molar-refractivity contribution in [1.82, 2.24) is 4.90 Å². The van der Waals surface area contributed by atoms with Crippen molar-refractivity contribution in [1.29, 1.82) is 0 Å². The summed E-state index contributed by atoms with van der Waals surface area (Å²) in [6.07, 6.45) is 7.23. The Hall–Kier alpha value is -1.33. The number of anilines is 2. The molecule has 2 atom stereocenters. The van der Waals surface area contributed by atoms with E-state index in [-0.39, 0.29) is 5.82 Å². The van der Waals surface area contributed by atoms with Gasteiger partial charge in [0.2, 0.25) is 0 Å². The lowest BCUT2D eigenvalue weighted by atomic mass is 9.89. The van der Waals surface area contributed by atoms with E-state index < -0.39 is 0 Å². The van der Waals surface area contributed by atoms with Crippen LogP contribution in [-0.4, -0.2) is 57.4 Å². The van der Waals surface area contributed by atoms with Crippen molar-refractivity contribution < 1.29 is 9.13 Å². The molecule has 28 heavy (non-hydrogen) atoms. The lowest BCUT2D eigenvalue weighted by Crippen LogP contribution is -2.36. The molecule has 154 valence electrons. The van der Waals surface area contributed by atoms with E-state index in [2.05, 4.69) is 15.1 Å². The second-order valence-corrected chi connectivity index (χ2v) is 9.36. The monoisotopic (exact) mass is 387 g/mol. The highest BCUT2D eigenvalue weighted by Gasteiger charge is 2.55. The van der Waals surface area contributed by atoms with Crippen LogP contribution >= 0.6 is 0 Å². The average molecular weight is 388 g/mol. The van der Waals surface area contributed by atoms with Gasteiger partial charge in [0.05, 0.1) is 18.9 Å². The van der Waals surface area contributed by atoms with E-state index in [9.17, 15) is 4.39 Å². The molecule has 4 aliphatic rings. The van der Waals surface area contributed by atoms with Crippen molar-refractivity contribution >= 4 is 11.4 Å². The fourth-order valence-electron chi connectivity index (χ4n) is 5.84. The van der Waals surface area contributed by atoms with E-state index in [0.29, 0.717) is 18.9 Å². The van der Waals surface area contributed by atoms with Gasteiger partial charge in [-0.15, -0.1) is 0 Å². The molecule has 0 spiro atoms. The summed E-state index contributed by atoms with van der Waals surface area (Å²) in [5, 5.41) is 3.50. The van der Waals surface area contributed by atoms with E-state index in [0.717, 1.165) is 49.0 Å². The number of ether oxygens (including phenoxy) is 1. The van der Waals surface area contributed by atoms with E-state index in [1.54, 1.807) is 6.07 Å². The van der Waals surface area contributed by atoms with Crippen molar-refractivity contribution in [2.24, 2.45) is 23.7 Å². The molecule has 0 amide bonds. The van der Waals surface area contributed by atoms with Crippen molar-refractivity contribution in [3.8, 4) is 0 Å². The number of morpholine rings is 1. The first-order valence-corrected chi connectivity index (χ1v) is 11.4. The van der Waals surface area contributed by atoms with Crippen LogP contribution in [0.5, 0.6) is 0 Å². The molecule has 4 nitrogen and oxygen atoms in total. The third-order valence-electron chi connectivity index (χ3n) is 7.53. The zero-order valence-corrected chi connectivity index (χ0v) is 16.9. The first-order chi connectivity index (χ1) is 13.8. The number of likely N-dealkylation sites (tertiary alicyclic amines) is 1. The highest BCUT2D eigenvalue weighted by molar-refractivity contribution is 5.56. The molecule has 2 aliphatic heterocycles. The third kappa shape index (κ3) is 4.02. The Morgan fingerprint density at radius 1 is 1.04 bits per heavy atom. The van der Waals surface area contributed by atoms with Crippen LogP contribution in [-0.2, 0) is 4.74 Å². The van der Waals surface area contributed by atoms with Gasteiger partial charge in [-0.25, -0.2) is 4.39 Å². The van der Waals surface area contributed by atoms with E-state index in [1.165, 1.54) is 51.7 Å². The molecule has 0 radical (unpaired) electrons. The molecular weight excluding hydrogens is 353 g/mol. The average Bonchev–Trinajstić information content (AvgIpc) is 3.19. The predicted octanol–water partition coefficient (Wildman–Crippen LogP) is 3.83. The summed E-state index contributed by atoms with van der Waals surface area (Å²) in [6, 6.07) is 5.61. The minimum absolute atomic E-state index is 0.124. The van der Waals surface area contributed by atoms with E-state index in [4.69, 9.17) is 4.74 Å². The van der Waals surface area contributed by atoms with Gasteiger partial charge in [-0.3, -0.25) is 0 Å². The summed E-state index contributed by atoms with van der Waals surface area (Å²) < 4.78 is 19.9. The molecule has 2 heterocycles. The third-order valence-corrected chi connectivity index (χ3v) is 7.53. The summed E-state index contributed by atoms with van der Waals surface area (Å²) in [7, 11) is 0. The normalized spacial score (nSPS) is 31.0. The molecule has 5 heteroatoms. The maximum absolute atomic E-state index is 14.6. The van der Waals surface area contributed by atoms with Crippen molar-refractivity contribution in [2.75, 3.05) is 62.7 Å². The summed E-state index contributed by atoms with van der Waals surface area (Å²) in [4.78, 5) is 4.80. The number of halogens is 1. The summed E-state index contributed by atoms with van der Waals surface area (Å²) in [6.45, 7) is 7.81. The van der Waals surface area contributed by atoms with Gasteiger partial charge >= 0.3 is 0 Å². The van der Waals surface area contributed by atoms with Gasteiger partial charge in [0, 0.05) is 45.0 Å². The maximum Gasteiger partial charge on any atom is 0.148 e. The van der Waals surface area contributed by atoms with Crippen molar-refractivity contribution in [3.05, 3.63) is 24.0 Å². The van der Waals surface area contributed by atoms with E-state index >= 15 is 0 Å². The molecular formula is C23H34FN3O. The smallest absolute Gasteiger partial charge is 0.148 e. The van der Waals surface area contributed by atoms with E-state index in [1.807, 2.05) is 12.1 Å². The molecule has 0 bridgehead atoms. The number of nitrogens with one attached hydrogen (secondary N) is 1. The first kappa shape index (κ1) is 18.7. The zero-order chi connectivity index (χ0) is 18.9. The summed E-state index contributed by atoms with van der Waals surface area (Å²) in [5.74, 6) is 3.35. The Labute approximate surface area is 168 Å². The standard InChI is InChI=1S/C23H34FN3O/c24-22-12-18(6-7-23(22)27-8-10-28-11-9-27)25-13-19-20-15-26(16-21(19)20)14-17-4-2-1-3-5-17/h6-7,12,17,19-21,25H,1-5,8-11,13-16H2. The SMILES string of the molecule is Fc1cc(NCC2C3CN(CC4CCCCC4)CC23)ccc1N1CCOCC1. The maximum atomic E-state index is 14.6. The highest BCUT2D eigenvalue weighted by Crippen LogP contribution is 2.52. The Bertz CT molecular complexity index is 660. The second-order valence-electron chi connectivity index (χ2n) is 9.36. The number of nitrogens with zero attached hydrogens (tertiary/aromatic N) is 2. The number of fused-ring (bicyclic) bond motifs is 1. The van der Waals surface area contributed by atoms with Crippen LogP contribution in [0.25, 0.3) is 0 Å². The Morgan fingerprint density at radius 3 is 2.50 bits per heavy atom. The number of piperidine rings is 1. The lowest BCUT2D eigenvalue weighted by Gasteiger charge is -2.29. The van der Waals surface area contributed by atoms with Crippen LogP contribution in [0.3, 0.4) is 0 Å². The lowest BCUT2D eigenvalue weighted by molar-refractivity contribution is 0.122. The molecule has 1 N–H and O–H groups in total. The van der Waals surface area contributed by atoms with Crippen LogP contribution in [0, 0.1) is 29.5 Å². The molecule has 2 saturated heterocycles. The summed E-state index contributed by atoms with van der Waals surface area (Å²) in [5.41, 5.74) is 1.62. The van der Waals surface area contributed by atoms with Crippen LogP contribution in [0.15, 0.2) is 18.2 Å². The number of hydrogen-bond donors (Lipinski definition) is 1. The fourth-order valence-corrected chi connectivity index (χ4v) is 5.84. The number of rotatable bonds is 6. The molecule has 2 unspecified atom stereocenters. The van der Waals surface area contributed by atoms with Crippen molar-refractivity contribution in [2.45, 2.75) is 32.1 Å². The van der Waals surface area contributed by atoms with Crippen LogP contribution in [0.4, 0.5) is 15.8 Å². The Morgan fingerprint density at radius 2 is 1.79 bits per heavy atom. The van der Waals surface area contributed by atoms with Gasteiger partial charge < -0.3 is 19.9 Å². The molecule has 4 fully saturated rings. The van der Waals surface area contributed by atoms with Gasteiger partial charge in [0.25, 0.3) is 0 Å². The fraction of sp³-hybridized carbons (Fsp3) is 0.739. The van der Waals surface area contributed by atoms with Gasteiger partial charge in [-0.2, -0.15) is 0 Å². The zero-order valence-electron chi connectivity index (χ0n) is 16.9. The topological polar surface area (TPSA) is 27.7 Å². The van der Waals surface area contributed by atoms with Gasteiger partial charge in [-0.1, -0.05) is 19.3 Å². The Kier molecular flexibility index (Phi) is 5.47.